The Bertz CT molecular complexity index is 1330. The van der Waals surface area contributed by atoms with Gasteiger partial charge in [0.05, 0.1) is 11.7 Å². The summed E-state index contributed by atoms with van der Waals surface area (Å²) in [7, 11) is 0. The standard InChI is InChI=1S/C24H22ClN3O2S/c1-4-16-6-8-17(9-7-16)19-12-31-23-21(19)24(30)28(13-26-23)15(3)22(29)27-20-11-18(25)10-5-14(20)2/h5-13,15H,4H2,1-3H3,(H,27,29). The summed E-state index contributed by atoms with van der Waals surface area (Å²) >= 11 is 7.48. The van der Waals surface area contributed by atoms with Crippen LogP contribution in [0.1, 0.15) is 31.0 Å². The van der Waals surface area contributed by atoms with Crippen LogP contribution in [0.2, 0.25) is 5.02 Å². The van der Waals surface area contributed by atoms with Crippen molar-refractivity contribution < 1.29 is 4.79 Å². The lowest BCUT2D eigenvalue weighted by atomic mass is 10.0. The maximum atomic E-state index is 13.4. The highest BCUT2D eigenvalue weighted by Gasteiger charge is 2.21. The van der Waals surface area contributed by atoms with Crippen molar-refractivity contribution in [1.82, 2.24) is 9.55 Å². The second kappa shape index (κ2) is 8.65. The molecule has 2 heterocycles. The Balaban J connectivity index is 1.70. The van der Waals surface area contributed by atoms with Gasteiger partial charge in [0.25, 0.3) is 5.56 Å². The zero-order valence-corrected chi connectivity index (χ0v) is 19.1. The van der Waals surface area contributed by atoms with Gasteiger partial charge in [0, 0.05) is 21.7 Å². The Kier molecular flexibility index (Phi) is 5.94. The van der Waals surface area contributed by atoms with Gasteiger partial charge >= 0.3 is 0 Å². The Morgan fingerprint density at radius 2 is 1.97 bits per heavy atom. The average molecular weight is 452 g/mol. The van der Waals surface area contributed by atoms with E-state index in [-0.39, 0.29) is 11.5 Å². The molecule has 4 aromatic rings. The van der Waals surface area contributed by atoms with Crippen molar-refractivity contribution in [2.24, 2.45) is 0 Å². The monoisotopic (exact) mass is 451 g/mol. The molecule has 1 unspecified atom stereocenters. The number of nitrogens with zero attached hydrogens (tertiary/aromatic N) is 2. The Labute approximate surface area is 189 Å². The van der Waals surface area contributed by atoms with E-state index >= 15 is 0 Å². The Morgan fingerprint density at radius 3 is 2.68 bits per heavy atom. The number of aromatic nitrogens is 2. The Hall–Kier alpha value is -2.96. The van der Waals surface area contributed by atoms with Crippen LogP contribution in [0.5, 0.6) is 0 Å². The van der Waals surface area contributed by atoms with Gasteiger partial charge in [-0.25, -0.2) is 4.98 Å². The third-order valence-electron chi connectivity index (χ3n) is 5.45. The van der Waals surface area contributed by atoms with Crippen molar-refractivity contribution in [3.05, 3.63) is 80.7 Å². The molecule has 0 aliphatic rings. The van der Waals surface area contributed by atoms with E-state index in [9.17, 15) is 9.59 Å². The maximum Gasteiger partial charge on any atom is 0.263 e. The summed E-state index contributed by atoms with van der Waals surface area (Å²) in [5.41, 5.74) is 4.33. The van der Waals surface area contributed by atoms with Crippen molar-refractivity contribution in [3.63, 3.8) is 0 Å². The molecule has 31 heavy (non-hydrogen) atoms. The number of hydrogen-bond donors (Lipinski definition) is 1. The van der Waals surface area contributed by atoms with Gasteiger partial charge in [0.15, 0.2) is 0 Å². The predicted octanol–water partition coefficient (Wildman–Crippen LogP) is 5.85. The van der Waals surface area contributed by atoms with E-state index < -0.39 is 6.04 Å². The van der Waals surface area contributed by atoms with E-state index in [1.54, 1.807) is 19.1 Å². The molecular formula is C24H22ClN3O2S. The summed E-state index contributed by atoms with van der Waals surface area (Å²) in [5, 5.41) is 5.89. The molecule has 0 aliphatic heterocycles. The molecule has 158 valence electrons. The number of nitrogens with one attached hydrogen (secondary N) is 1. The number of rotatable bonds is 5. The highest BCUT2D eigenvalue weighted by molar-refractivity contribution is 7.17. The molecule has 0 aliphatic carbocycles. The molecule has 7 heteroatoms. The first kappa shape index (κ1) is 21.3. The van der Waals surface area contributed by atoms with Crippen molar-refractivity contribution in [2.75, 3.05) is 5.32 Å². The molecule has 0 saturated carbocycles. The molecule has 0 saturated heterocycles. The number of amides is 1. The molecule has 0 bridgehead atoms. The van der Waals surface area contributed by atoms with Gasteiger partial charge in [-0.05, 0) is 49.1 Å². The van der Waals surface area contributed by atoms with Gasteiger partial charge in [-0.1, -0.05) is 48.9 Å². The van der Waals surface area contributed by atoms with Gasteiger partial charge in [-0.15, -0.1) is 11.3 Å². The zero-order valence-electron chi connectivity index (χ0n) is 17.5. The molecule has 4 rings (SSSR count). The number of benzene rings is 2. The topological polar surface area (TPSA) is 64.0 Å². The zero-order chi connectivity index (χ0) is 22.1. The van der Waals surface area contributed by atoms with E-state index in [1.807, 2.05) is 30.5 Å². The number of aryl methyl sites for hydroxylation is 2. The van der Waals surface area contributed by atoms with E-state index in [1.165, 1.54) is 27.8 Å². The normalized spacial score (nSPS) is 12.1. The van der Waals surface area contributed by atoms with Crippen LogP contribution in [0.25, 0.3) is 21.3 Å². The van der Waals surface area contributed by atoms with Gasteiger partial charge < -0.3 is 5.32 Å². The average Bonchev–Trinajstić information content (AvgIpc) is 3.21. The smallest absolute Gasteiger partial charge is 0.263 e. The van der Waals surface area contributed by atoms with Crippen molar-refractivity contribution in [2.45, 2.75) is 33.2 Å². The number of carbonyl (C=O) groups excluding carboxylic acids is 1. The molecule has 0 fully saturated rings. The first-order valence-electron chi connectivity index (χ1n) is 10.0. The number of anilines is 1. The molecule has 5 nitrogen and oxygen atoms in total. The van der Waals surface area contributed by atoms with Gasteiger partial charge in [0.1, 0.15) is 10.9 Å². The molecule has 0 radical (unpaired) electrons. The number of thiophene rings is 1. The molecule has 0 spiro atoms. The van der Waals surface area contributed by atoms with Crippen LogP contribution in [-0.2, 0) is 11.2 Å². The van der Waals surface area contributed by atoms with Crippen LogP contribution >= 0.6 is 22.9 Å². The van der Waals surface area contributed by atoms with Crippen molar-refractivity contribution >= 4 is 44.7 Å². The minimum absolute atomic E-state index is 0.230. The highest BCUT2D eigenvalue weighted by atomic mass is 35.5. The highest BCUT2D eigenvalue weighted by Crippen LogP contribution is 2.31. The van der Waals surface area contributed by atoms with E-state index in [0.717, 1.165) is 23.1 Å². The first-order chi connectivity index (χ1) is 14.9. The quantitative estimate of drug-likeness (QED) is 0.414. The number of carbonyl (C=O) groups is 1. The summed E-state index contributed by atoms with van der Waals surface area (Å²) < 4.78 is 1.38. The maximum absolute atomic E-state index is 13.4. The summed E-state index contributed by atoms with van der Waals surface area (Å²) in [6.45, 7) is 5.68. The SMILES string of the molecule is CCc1ccc(-c2csc3ncn(C(C)C(=O)Nc4cc(Cl)ccc4C)c(=O)c23)cc1. The van der Waals surface area contributed by atoms with Gasteiger partial charge in [-0.2, -0.15) is 0 Å². The van der Waals surface area contributed by atoms with Crippen LogP contribution in [0.15, 0.2) is 59.0 Å². The van der Waals surface area contributed by atoms with Crippen LogP contribution in [0.4, 0.5) is 5.69 Å². The molecule has 2 aromatic heterocycles. The minimum atomic E-state index is -0.738. The molecular weight excluding hydrogens is 430 g/mol. The summed E-state index contributed by atoms with van der Waals surface area (Å²) in [5.74, 6) is -0.308. The number of halogens is 1. The first-order valence-corrected chi connectivity index (χ1v) is 11.3. The second-order valence-corrected chi connectivity index (χ2v) is 8.76. The Morgan fingerprint density at radius 1 is 1.23 bits per heavy atom. The summed E-state index contributed by atoms with van der Waals surface area (Å²) in [6, 6.07) is 12.7. The second-order valence-electron chi connectivity index (χ2n) is 7.46. The van der Waals surface area contributed by atoms with Crippen LogP contribution in [0.3, 0.4) is 0 Å². The fourth-order valence-electron chi connectivity index (χ4n) is 3.45. The third kappa shape index (κ3) is 4.13. The van der Waals surface area contributed by atoms with Crippen LogP contribution in [0, 0.1) is 6.92 Å². The van der Waals surface area contributed by atoms with Crippen LogP contribution < -0.4 is 10.9 Å². The number of hydrogen-bond acceptors (Lipinski definition) is 4. The van der Waals surface area contributed by atoms with Crippen molar-refractivity contribution in [3.8, 4) is 11.1 Å². The third-order valence-corrected chi connectivity index (χ3v) is 6.57. The largest absolute Gasteiger partial charge is 0.324 e. The summed E-state index contributed by atoms with van der Waals surface area (Å²) in [6.07, 6.45) is 2.40. The van der Waals surface area contributed by atoms with Gasteiger partial charge in [0.2, 0.25) is 5.91 Å². The van der Waals surface area contributed by atoms with E-state index in [0.29, 0.717) is 20.9 Å². The molecule has 1 atom stereocenters. The van der Waals surface area contributed by atoms with Crippen LogP contribution in [-0.4, -0.2) is 15.5 Å². The summed E-state index contributed by atoms with van der Waals surface area (Å²) in [4.78, 5) is 31.3. The lowest BCUT2D eigenvalue weighted by molar-refractivity contribution is -0.118. The van der Waals surface area contributed by atoms with Crippen molar-refractivity contribution in [1.29, 1.82) is 0 Å². The lowest BCUT2D eigenvalue weighted by Crippen LogP contribution is -2.31. The number of fused-ring (bicyclic) bond motifs is 1. The molecule has 2 aromatic carbocycles. The predicted molar refractivity (Wildman–Crippen MR) is 128 cm³/mol. The molecule has 1 N–H and O–H groups in total. The fraction of sp³-hybridized carbons (Fsp3) is 0.208. The minimum Gasteiger partial charge on any atom is -0.324 e. The van der Waals surface area contributed by atoms with E-state index in [4.69, 9.17) is 11.6 Å². The fourth-order valence-corrected chi connectivity index (χ4v) is 4.52. The molecule has 1 amide bonds. The van der Waals surface area contributed by atoms with Gasteiger partial charge in [-0.3, -0.25) is 14.2 Å². The van der Waals surface area contributed by atoms with E-state index in [2.05, 4.69) is 29.4 Å². The lowest BCUT2D eigenvalue weighted by Gasteiger charge is -2.16.